The van der Waals surface area contributed by atoms with E-state index in [1.54, 1.807) is 4.68 Å². The molecule has 1 atom stereocenters. The quantitative estimate of drug-likeness (QED) is 0.680. The number of rotatable bonds is 5. The van der Waals surface area contributed by atoms with Crippen LogP contribution in [0, 0.1) is 6.92 Å². The molecule has 1 aromatic heterocycles. The molecule has 0 bridgehead atoms. The molecule has 0 saturated carbocycles. The van der Waals surface area contributed by atoms with E-state index in [0.29, 0.717) is 12.1 Å². The lowest BCUT2D eigenvalue weighted by Gasteiger charge is -2.19. The number of nitrogens with one attached hydrogen (secondary N) is 1. The van der Waals surface area contributed by atoms with Gasteiger partial charge in [-0.05, 0) is 43.2 Å². The van der Waals surface area contributed by atoms with Gasteiger partial charge in [0.1, 0.15) is 0 Å². The Hall–Kier alpha value is -2.67. The Bertz CT molecular complexity index is 863. The minimum Gasteiger partial charge on any atom is -0.465 e. The van der Waals surface area contributed by atoms with Gasteiger partial charge in [0.2, 0.25) is 0 Å². The number of aromatic nitrogens is 3. The first-order valence-corrected chi connectivity index (χ1v) is 8.55. The van der Waals surface area contributed by atoms with E-state index >= 15 is 0 Å². The second kappa shape index (κ2) is 7.48. The molecule has 0 saturated heterocycles. The van der Waals surface area contributed by atoms with Gasteiger partial charge in [0, 0.05) is 4.47 Å². The average molecular weight is 401 g/mol. The van der Waals surface area contributed by atoms with Gasteiger partial charge in [-0.25, -0.2) is 9.48 Å². The number of carbonyl (C=O) groups is 1. The maximum absolute atomic E-state index is 11.3. The fourth-order valence-electron chi connectivity index (χ4n) is 2.75. The van der Waals surface area contributed by atoms with Crippen LogP contribution < -0.4 is 5.32 Å². The van der Waals surface area contributed by atoms with E-state index in [1.165, 1.54) is 0 Å². The highest BCUT2D eigenvalue weighted by Gasteiger charge is 2.23. The van der Waals surface area contributed by atoms with E-state index in [0.717, 1.165) is 21.4 Å². The summed E-state index contributed by atoms with van der Waals surface area (Å²) >= 11 is 3.41. The van der Waals surface area contributed by atoms with Crippen LogP contribution in [0.3, 0.4) is 0 Å². The molecule has 1 heterocycles. The predicted molar refractivity (Wildman–Crippen MR) is 97.8 cm³/mol. The van der Waals surface area contributed by atoms with Crippen molar-refractivity contribution < 1.29 is 9.90 Å². The standard InChI is InChI=1S/C18H17BrN4O2/c1-12-17(23(22-21-12)15-9-7-14(19)8-10-15)16(20-18(24)25)11-13-5-3-2-4-6-13/h2-10,16,20H,11H2,1H3,(H,24,25)/t16-/m1/s1. The van der Waals surface area contributed by atoms with Crippen LogP contribution in [-0.4, -0.2) is 26.2 Å². The molecule has 0 fully saturated rings. The van der Waals surface area contributed by atoms with Crippen molar-refractivity contribution in [1.82, 2.24) is 20.3 Å². The van der Waals surface area contributed by atoms with Gasteiger partial charge in [0.15, 0.2) is 0 Å². The molecule has 0 aliphatic heterocycles. The molecule has 0 aliphatic rings. The molecule has 3 rings (SSSR count). The summed E-state index contributed by atoms with van der Waals surface area (Å²) in [6.07, 6.45) is -0.568. The van der Waals surface area contributed by atoms with Gasteiger partial charge >= 0.3 is 6.09 Å². The van der Waals surface area contributed by atoms with Crippen LogP contribution in [0.1, 0.15) is 23.0 Å². The molecule has 3 aromatic rings. The van der Waals surface area contributed by atoms with Gasteiger partial charge in [-0.3, -0.25) is 0 Å². The molecule has 6 nitrogen and oxygen atoms in total. The van der Waals surface area contributed by atoms with Gasteiger partial charge in [-0.15, -0.1) is 5.10 Å². The fourth-order valence-corrected chi connectivity index (χ4v) is 3.02. The molecule has 7 heteroatoms. The Morgan fingerprint density at radius 3 is 2.52 bits per heavy atom. The second-order valence-corrected chi connectivity index (χ2v) is 6.56. The molecular weight excluding hydrogens is 384 g/mol. The van der Waals surface area contributed by atoms with Crippen LogP contribution in [0.4, 0.5) is 4.79 Å². The topological polar surface area (TPSA) is 80.0 Å². The van der Waals surface area contributed by atoms with Gasteiger partial charge in [0.25, 0.3) is 0 Å². The molecule has 0 spiro atoms. The van der Waals surface area contributed by atoms with Crippen molar-refractivity contribution in [2.75, 3.05) is 0 Å². The van der Waals surface area contributed by atoms with E-state index in [-0.39, 0.29) is 0 Å². The highest BCUT2D eigenvalue weighted by molar-refractivity contribution is 9.10. The Labute approximate surface area is 153 Å². The highest BCUT2D eigenvalue weighted by Crippen LogP contribution is 2.24. The molecule has 2 aromatic carbocycles. The number of halogens is 1. The van der Waals surface area contributed by atoms with Crippen LogP contribution in [0.5, 0.6) is 0 Å². The zero-order valence-electron chi connectivity index (χ0n) is 13.6. The minimum absolute atomic E-state index is 0.460. The molecule has 128 valence electrons. The normalized spacial score (nSPS) is 11.9. The Morgan fingerprint density at radius 1 is 1.20 bits per heavy atom. The Balaban J connectivity index is 2.02. The largest absolute Gasteiger partial charge is 0.465 e. The highest BCUT2D eigenvalue weighted by atomic mass is 79.9. The first-order chi connectivity index (χ1) is 12.0. The number of nitrogens with zero attached hydrogens (tertiary/aromatic N) is 3. The molecule has 2 N–H and O–H groups in total. The number of hydrogen-bond acceptors (Lipinski definition) is 3. The van der Waals surface area contributed by atoms with Crippen molar-refractivity contribution >= 4 is 22.0 Å². The van der Waals surface area contributed by atoms with E-state index in [4.69, 9.17) is 0 Å². The minimum atomic E-state index is -1.08. The third-order valence-electron chi connectivity index (χ3n) is 3.86. The smallest absolute Gasteiger partial charge is 0.405 e. The maximum atomic E-state index is 11.3. The average Bonchev–Trinajstić information content (AvgIpc) is 2.97. The fraction of sp³-hybridized carbons (Fsp3) is 0.167. The van der Waals surface area contributed by atoms with Crippen LogP contribution in [0.25, 0.3) is 5.69 Å². The van der Waals surface area contributed by atoms with Crippen LogP contribution in [0.2, 0.25) is 0 Å². The van der Waals surface area contributed by atoms with Gasteiger partial charge in [-0.1, -0.05) is 51.5 Å². The zero-order valence-corrected chi connectivity index (χ0v) is 15.1. The zero-order chi connectivity index (χ0) is 17.8. The van der Waals surface area contributed by atoms with Gasteiger partial charge in [-0.2, -0.15) is 0 Å². The summed E-state index contributed by atoms with van der Waals surface area (Å²) in [5.74, 6) is 0. The second-order valence-electron chi connectivity index (χ2n) is 5.64. The first kappa shape index (κ1) is 17.2. The van der Waals surface area contributed by atoms with E-state index in [2.05, 4.69) is 31.6 Å². The van der Waals surface area contributed by atoms with Crippen LogP contribution in [-0.2, 0) is 6.42 Å². The summed E-state index contributed by atoms with van der Waals surface area (Å²) in [4.78, 5) is 11.3. The monoisotopic (exact) mass is 400 g/mol. The maximum Gasteiger partial charge on any atom is 0.405 e. The summed E-state index contributed by atoms with van der Waals surface area (Å²) < 4.78 is 2.64. The van der Waals surface area contributed by atoms with Crippen molar-refractivity contribution in [3.8, 4) is 5.69 Å². The summed E-state index contributed by atoms with van der Waals surface area (Å²) in [7, 11) is 0. The van der Waals surface area contributed by atoms with Crippen molar-refractivity contribution in [2.45, 2.75) is 19.4 Å². The van der Waals surface area contributed by atoms with E-state index in [9.17, 15) is 9.90 Å². The van der Waals surface area contributed by atoms with E-state index in [1.807, 2.05) is 61.5 Å². The lowest BCUT2D eigenvalue weighted by atomic mass is 10.0. The SMILES string of the molecule is Cc1nnn(-c2ccc(Br)cc2)c1[C@@H](Cc1ccccc1)NC(=O)O. The summed E-state index contributed by atoms with van der Waals surface area (Å²) in [6.45, 7) is 1.83. The van der Waals surface area contributed by atoms with Crippen molar-refractivity contribution in [2.24, 2.45) is 0 Å². The van der Waals surface area contributed by atoms with Crippen LogP contribution >= 0.6 is 15.9 Å². The number of amides is 1. The predicted octanol–water partition coefficient (Wildman–Crippen LogP) is 3.89. The van der Waals surface area contributed by atoms with Crippen molar-refractivity contribution in [3.05, 3.63) is 76.0 Å². The van der Waals surface area contributed by atoms with Gasteiger partial charge < -0.3 is 10.4 Å². The lowest BCUT2D eigenvalue weighted by Crippen LogP contribution is -2.30. The molecule has 1 amide bonds. The Kier molecular flexibility index (Phi) is 5.14. The molecule has 0 radical (unpaired) electrons. The number of carboxylic acid groups (broad SMARTS) is 1. The van der Waals surface area contributed by atoms with Crippen LogP contribution in [0.15, 0.2) is 59.1 Å². The number of aryl methyl sites for hydroxylation is 1. The third-order valence-corrected chi connectivity index (χ3v) is 4.39. The number of benzene rings is 2. The molecular formula is C18H17BrN4O2. The summed E-state index contributed by atoms with van der Waals surface area (Å²) in [5, 5.41) is 20.2. The Morgan fingerprint density at radius 2 is 1.88 bits per heavy atom. The van der Waals surface area contributed by atoms with E-state index < -0.39 is 12.1 Å². The van der Waals surface area contributed by atoms with Gasteiger partial charge in [0.05, 0.1) is 23.1 Å². The molecule has 0 unspecified atom stereocenters. The van der Waals surface area contributed by atoms with Crippen molar-refractivity contribution in [3.63, 3.8) is 0 Å². The molecule has 25 heavy (non-hydrogen) atoms. The lowest BCUT2D eigenvalue weighted by molar-refractivity contribution is 0.189. The summed E-state index contributed by atoms with van der Waals surface area (Å²) in [6, 6.07) is 16.9. The summed E-state index contributed by atoms with van der Waals surface area (Å²) in [5.41, 5.74) is 3.28. The number of hydrogen-bond donors (Lipinski definition) is 2. The van der Waals surface area contributed by atoms with Crippen molar-refractivity contribution in [1.29, 1.82) is 0 Å². The molecule has 0 aliphatic carbocycles. The third kappa shape index (κ3) is 4.06. The first-order valence-electron chi connectivity index (χ1n) is 7.76.